The predicted octanol–water partition coefficient (Wildman–Crippen LogP) is 3.94. The van der Waals surface area contributed by atoms with Gasteiger partial charge in [0.2, 0.25) is 0 Å². The van der Waals surface area contributed by atoms with Crippen LogP contribution in [0.15, 0.2) is 51.6 Å². The lowest BCUT2D eigenvalue weighted by Crippen LogP contribution is -2.22. The zero-order valence-corrected chi connectivity index (χ0v) is 11.4. The van der Waals surface area contributed by atoms with Crippen molar-refractivity contribution in [2.75, 3.05) is 6.54 Å². The highest BCUT2D eigenvalue weighted by atomic mass is 79.9. The molecule has 3 heteroatoms. The number of hydrogen-bond donors (Lipinski definition) is 1. The van der Waals surface area contributed by atoms with Crippen molar-refractivity contribution < 1.29 is 4.42 Å². The van der Waals surface area contributed by atoms with Crippen molar-refractivity contribution in [3.63, 3.8) is 0 Å². The summed E-state index contributed by atoms with van der Waals surface area (Å²) in [5, 5.41) is 3.48. The van der Waals surface area contributed by atoms with E-state index in [1.165, 1.54) is 5.56 Å². The maximum Gasteiger partial charge on any atom is 0.105 e. The second-order valence-electron chi connectivity index (χ2n) is 3.95. The van der Waals surface area contributed by atoms with Crippen molar-refractivity contribution in [3.05, 3.63) is 58.5 Å². The van der Waals surface area contributed by atoms with Crippen LogP contribution in [0, 0.1) is 0 Å². The van der Waals surface area contributed by atoms with Crippen molar-refractivity contribution in [2.45, 2.75) is 19.4 Å². The van der Waals surface area contributed by atoms with Crippen molar-refractivity contribution >= 4 is 15.9 Å². The van der Waals surface area contributed by atoms with Crippen molar-refractivity contribution in [2.24, 2.45) is 0 Å². The molecule has 0 amide bonds. The van der Waals surface area contributed by atoms with Gasteiger partial charge in [0.1, 0.15) is 5.76 Å². The number of nitrogens with one attached hydrogen (secondary N) is 1. The van der Waals surface area contributed by atoms with E-state index in [1.54, 1.807) is 6.26 Å². The summed E-state index contributed by atoms with van der Waals surface area (Å²) in [5.41, 5.74) is 1.28. The van der Waals surface area contributed by atoms with E-state index in [2.05, 4.69) is 52.4 Å². The summed E-state index contributed by atoms with van der Waals surface area (Å²) in [5.74, 6) is 1.01. The molecule has 0 aliphatic carbocycles. The van der Waals surface area contributed by atoms with Crippen molar-refractivity contribution in [3.8, 4) is 0 Å². The Kier molecular flexibility index (Phi) is 4.40. The average molecular weight is 294 g/mol. The van der Waals surface area contributed by atoms with E-state index in [1.807, 2.05) is 12.1 Å². The highest BCUT2D eigenvalue weighted by Gasteiger charge is 2.12. The summed E-state index contributed by atoms with van der Waals surface area (Å²) < 4.78 is 6.51. The highest BCUT2D eigenvalue weighted by molar-refractivity contribution is 9.10. The van der Waals surface area contributed by atoms with Crippen molar-refractivity contribution in [1.29, 1.82) is 0 Å². The smallest absolute Gasteiger partial charge is 0.105 e. The Morgan fingerprint density at radius 3 is 2.59 bits per heavy atom. The zero-order valence-electron chi connectivity index (χ0n) is 9.82. The molecule has 0 bridgehead atoms. The van der Waals surface area contributed by atoms with Crippen LogP contribution >= 0.6 is 15.9 Å². The lowest BCUT2D eigenvalue weighted by atomic mass is 10.0. The molecule has 2 aromatic rings. The third-order valence-corrected chi connectivity index (χ3v) is 3.24. The molecule has 0 saturated carbocycles. The topological polar surface area (TPSA) is 25.2 Å². The molecule has 0 aliphatic heterocycles. The van der Waals surface area contributed by atoms with Gasteiger partial charge in [-0.1, -0.05) is 35.0 Å². The van der Waals surface area contributed by atoms with E-state index >= 15 is 0 Å². The van der Waals surface area contributed by atoms with E-state index < -0.39 is 0 Å². The summed E-state index contributed by atoms with van der Waals surface area (Å²) in [7, 11) is 0. The van der Waals surface area contributed by atoms with E-state index in [0.29, 0.717) is 6.04 Å². The molecule has 1 N–H and O–H groups in total. The van der Waals surface area contributed by atoms with E-state index in [9.17, 15) is 0 Å². The minimum atomic E-state index is 0.305. The van der Waals surface area contributed by atoms with Gasteiger partial charge in [0.15, 0.2) is 0 Å². The minimum absolute atomic E-state index is 0.305. The van der Waals surface area contributed by atoms with Gasteiger partial charge in [-0.2, -0.15) is 0 Å². The first-order valence-electron chi connectivity index (χ1n) is 5.81. The first-order chi connectivity index (χ1) is 8.29. The molecule has 0 aliphatic rings. The average Bonchev–Trinajstić information content (AvgIpc) is 2.82. The summed E-state index contributed by atoms with van der Waals surface area (Å²) in [6, 6.07) is 12.7. The summed E-state index contributed by atoms with van der Waals surface area (Å²) in [6.45, 7) is 3.06. The molecule has 2 nitrogen and oxygen atoms in total. The van der Waals surface area contributed by atoms with E-state index in [4.69, 9.17) is 4.42 Å². The Balaban J connectivity index is 2.13. The zero-order chi connectivity index (χ0) is 12.1. The summed E-state index contributed by atoms with van der Waals surface area (Å²) in [4.78, 5) is 0. The molecule has 2 rings (SSSR count). The van der Waals surface area contributed by atoms with Gasteiger partial charge >= 0.3 is 0 Å². The SMILES string of the molecule is CCNC(Cc1ccco1)c1ccc(Br)cc1. The number of rotatable bonds is 5. The number of hydrogen-bond acceptors (Lipinski definition) is 2. The Morgan fingerprint density at radius 2 is 2.00 bits per heavy atom. The maximum atomic E-state index is 5.41. The van der Waals surface area contributed by atoms with Crippen LogP contribution in [0.1, 0.15) is 24.3 Å². The molecular formula is C14H16BrNO. The molecule has 1 atom stereocenters. The number of benzene rings is 1. The summed E-state index contributed by atoms with van der Waals surface area (Å²) in [6.07, 6.45) is 2.60. The first-order valence-corrected chi connectivity index (χ1v) is 6.60. The van der Waals surface area contributed by atoms with Crippen LogP contribution in [0.4, 0.5) is 0 Å². The van der Waals surface area contributed by atoms with Crippen LogP contribution in [0.25, 0.3) is 0 Å². The molecular weight excluding hydrogens is 278 g/mol. The highest BCUT2D eigenvalue weighted by Crippen LogP contribution is 2.20. The van der Waals surface area contributed by atoms with E-state index in [-0.39, 0.29) is 0 Å². The molecule has 0 spiro atoms. The number of halogens is 1. The van der Waals surface area contributed by atoms with Gasteiger partial charge < -0.3 is 9.73 Å². The Hall–Kier alpha value is -1.06. The molecule has 0 saturated heterocycles. The van der Waals surface area contributed by atoms with Crippen LogP contribution in [0.5, 0.6) is 0 Å². The molecule has 1 aromatic carbocycles. The Morgan fingerprint density at radius 1 is 1.24 bits per heavy atom. The van der Waals surface area contributed by atoms with Gasteiger partial charge in [0, 0.05) is 16.9 Å². The lowest BCUT2D eigenvalue weighted by molar-refractivity contribution is 0.455. The molecule has 1 unspecified atom stereocenters. The second kappa shape index (κ2) is 6.03. The normalized spacial score (nSPS) is 12.6. The van der Waals surface area contributed by atoms with Crippen LogP contribution in [-0.4, -0.2) is 6.54 Å². The fraction of sp³-hybridized carbons (Fsp3) is 0.286. The van der Waals surface area contributed by atoms with Crippen LogP contribution in [-0.2, 0) is 6.42 Å². The largest absolute Gasteiger partial charge is 0.469 e. The number of furan rings is 1. The van der Waals surface area contributed by atoms with E-state index in [0.717, 1.165) is 23.2 Å². The molecule has 0 radical (unpaired) electrons. The van der Waals surface area contributed by atoms with Gasteiger partial charge in [-0.15, -0.1) is 0 Å². The Labute approximate surface area is 110 Å². The summed E-state index contributed by atoms with van der Waals surface area (Å²) >= 11 is 3.46. The van der Waals surface area contributed by atoms with Gasteiger partial charge in [-0.05, 0) is 36.4 Å². The standard InChI is InChI=1S/C14H16BrNO/c1-2-16-14(10-13-4-3-9-17-13)11-5-7-12(15)8-6-11/h3-9,14,16H,2,10H2,1H3. The monoisotopic (exact) mass is 293 g/mol. The van der Waals surface area contributed by atoms with Crippen LogP contribution in [0.3, 0.4) is 0 Å². The van der Waals surface area contributed by atoms with Gasteiger partial charge in [-0.3, -0.25) is 0 Å². The lowest BCUT2D eigenvalue weighted by Gasteiger charge is -2.17. The van der Waals surface area contributed by atoms with Gasteiger partial charge in [0.05, 0.1) is 6.26 Å². The van der Waals surface area contributed by atoms with Crippen molar-refractivity contribution in [1.82, 2.24) is 5.32 Å². The number of likely N-dealkylation sites (N-methyl/N-ethyl adjacent to an activating group) is 1. The fourth-order valence-electron chi connectivity index (χ4n) is 1.88. The second-order valence-corrected chi connectivity index (χ2v) is 4.86. The van der Waals surface area contributed by atoms with Gasteiger partial charge in [-0.25, -0.2) is 0 Å². The Bertz CT molecular complexity index is 436. The third kappa shape index (κ3) is 3.45. The predicted molar refractivity (Wildman–Crippen MR) is 73.0 cm³/mol. The molecule has 0 fully saturated rings. The molecule has 17 heavy (non-hydrogen) atoms. The first kappa shape index (κ1) is 12.4. The van der Waals surface area contributed by atoms with Gasteiger partial charge in [0.25, 0.3) is 0 Å². The van der Waals surface area contributed by atoms with Crippen LogP contribution in [0.2, 0.25) is 0 Å². The fourth-order valence-corrected chi connectivity index (χ4v) is 2.14. The molecule has 90 valence electrons. The quantitative estimate of drug-likeness (QED) is 0.903. The molecule has 1 heterocycles. The maximum absolute atomic E-state index is 5.41. The van der Waals surface area contributed by atoms with Crippen LogP contribution < -0.4 is 5.32 Å². The minimum Gasteiger partial charge on any atom is -0.469 e. The molecule has 1 aromatic heterocycles. The third-order valence-electron chi connectivity index (χ3n) is 2.71.